The molecule has 0 unspecified atom stereocenters. The van der Waals surface area contributed by atoms with Crippen LogP contribution >= 0.6 is 0 Å². The van der Waals surface area contributed by atoms with Crippen molar-refractivity contribution in [1.82, 2.24) is 4.90 Å². The van der Waals surface area contributed by atoms with Crippen molar-refractivity contribution in [3.63, 3.8) is 0 Å². The number of ether oxygens (including phenoxy) is 3. The third-order valence-corrected chi connectivity index (χ3v) is 3.82. The monoisotopic (exact) mass is 322 g/mol. The van der Waals surface area contributed by atoms with E-state index in [-0.39, 0.29) is 0 Å². The van der Waals surface area contributed by atoms with Gasteiger partial charge < -0.3 is 19.1 Å². The molecular formula is C18H30N2O3. The average Bonchev–Trinajstić information content (AvgIpc) is 2.59. The molecule has 0 aliphatic carbocycles. The summed E-state index contributed by atoms with van der Waals surface area (Å²) in [5.41, 5.74) is 0.784. The van der Waals surface area contributed by atoms with Crippen LogP contribution in [0.1, 0.15) is 45.1 Å². The number of nitrogens with zero attached hydrogens (tertiary/aromatic N) is 1. The number of hydrogen-bond acceptors (Lipinski definition) is 4. The molecule has 0 amide bonds. The van der Waals surface area contributed by atoms with E-state index in [1.165, 1.54) is 0 Å². The molecule has 1 N–H and O–H groups in total. The Labute approximate surface area is 140 Å². The van der Waals surface area contributed by atoms with Gasteiger partial charge in [-0.05, 0) is 25.0 Å². The van der Waals surface area contributed by atoms with E-state index in [1.807, 2.05) is 12.1 Å². The highest BCUT2D eigenvalue weighted by molar-refractivity contribution is 5.97. The number of rotatable bonds is 10. The van der Waals surface area contributed by atoms with Crippen LogP contribution in [0.2, 0.25) is 0 Å². The lowest BCUT2D eigenvalue weighted by atomic mass is 10.1. The molecule has 0 saturated heterocycles. The third kappa shape index (κ3) is 5.05. The molecule has 0 saturated carbocycles. The summed E-state index contributed by atoms with van der Waals surface area (Å²) in [6, 6.07) is 3.68. The smallest absolute Gasteiger partial charge is 0.203 e. The maximum Gasteiger partial charge on any atom is 0.203 e. The highest BCUT2D eigenvalue weighted by atomic mass is 16.5. The van der Waals surface area contributed by atoms with Gasteiger partial charge in [0.05, 0.1) is 21.3 Å². The van der Waals surface area contributed by atoms with Crippen molar-refractivity contribution in [2.75, 3.05) is 34.4 Å². The lowest BCUT2D eigenvalue weighted by molar-refractivity contribution is 0.324. The molecule has 130 valence electrons. The molecule has 0 aliphatic rings. The Morgan fingerprint density at radius 2 is 1.39 bits per heavy atom. The summed E-state index contributed by atoms with van der Waals surface area (Å²) >= 11 is 0. The van der Waals surface area contributed by atoms with Crippen molar-refractivity contribution in [3.8, 4) is 17.2 Å². The summed E-state index contributed by atoms with van der Waals surface area (Å²) in [5.74, 6) is 2.22. The summed E-state index contributed by atoms with van der Waals surface area (Å²) in [7, 11) is 4.77. The highest BCUT2D eigenvalue weighted by Crippen LogP contribution is 2.38. The molecule has 1 rings (SSSR count). The molecule has 0 radical (unpaired) electrons. The first-order chi connectivity index (χ1) is 11.1. The first-order valence-electron chi connectivity index (χ1n) is 8.26. The van der Waals surface area contributed by atoms with Crippen LogP contribution in [0.4, 0.5) is 0 Å². The fourth-order valence-corrected chi connectivity index (χ4v) is 2.43. The molecule has 0 aliphatic heterocycles. The standard InChI is InChI=1S/C18H30N2O3/c1-6-8-10-20(11-9-7-2)18(19)14-12-15(21-3)17(23-5)16(13-14)22-4/h12-13,19H,6-11H2,1-5H3. The Morgan fingerprint density at radius 3 is 1.74 bits per heavy atom. The van der Waals surface area contributed by atoms with Crippen LogP contribution in [-0.2, 0) is 0 Å². The van der Waals surface area contributed by atoms with Gasteiger partial charge in [-0.3, -0.25) is 5.41 Å². The Morgan fingerprint density at radius 1 is 0.913 bits per heavy atom. The molecule has 5 nitrogen and oxygen atoms in total. The summed E-state index contributed by atoms with van der Waals surface area (Å²) in [5, 5.41) is 8.59. The summed E-state index contributed by atoms with van der Waals surface area (Å²) in [4.78, 5) is 2.13. The molecule has 0 fully saturated rings. The number of methoxy groups -OCH3 is 3. The van der Waals surface area contributed by atoms with E-state index in [0.717, 1.165) is 44.3 Å². The lowest BCUT2D eigenvalue weighted by Gasteiger charge is -2.26. The van der Waals surface area contributed by atoms with E-state index in [9.17, 15) is 0 Å². The van der Waals surface area contributed by atoms with Crippen molar-refractivity contribution in [1.29, 1.82) is 5.41 Å². The molecule has 0 bridgehead atoms. The largest absolute Gasteiger partial charge is 0.493 e. The lowest BCUT2D eigenvalue weighted by Crippen LogP contribution is -2.33. The predicted octanol–water partition coefficient (Wildman–Crippen LogP) is 3.94. The molecule has 0 heterocycles. The van der Waals surface area contributed by atoms with Gasteiger partial charge in [-0.2, -0.15) is 0 Å². The van der Waals surface area contributed by atoms with Gasteiger partial charge in [0, 0.05) is 18.7 Å². The minimum atomic E-state index is 0.506. The fourth-order valence-electron chi connectivity index (χ4n) is 2.43. The highest BCUT2D eigenvalue weighted by Gasteiger charge is 2.18. The minimum Gasteiger partial charge on any atom is -0.493 e. The Kier molecular flexibility index (Phi) is 8.30. The van der Waals surface area contributed by atoms with Gasteiger partial charge in [-0.25, -0.2) is 0 Å². The summed E-state index contributed by atoms with van der Waals surface area (Å²) in [6.07, 6.45) is 4.39. The SMILES string of the molecule is CCCCN(CCCC)C(=N)c1cc(OC)c(OC)c(OC)c1. The first-order valence-corrected chi connectivity index (χ1v) is 8.26. The summed E-state index contributed by atoms with van der Waals surface area (Å²) < 4.78 is 16.1. The average molecular weight is 322 g/mol. The third-order valence-electron chi connectivity index (χ3n) is 3.82. The van der Waals surface area contributed by atoms with E-state index < -0.39 is 0 Å². The molecule has 1 aromatic rings. The number of hydrogen-bond donors (Lipinski definition) is 1. The van der Waals surface area contributed by atoms with Crippen molar-refractivity contribution < 1.29 is 14.2 Å². The van der Waals surface area contributed by atoms with Crippen LogP contribution in [0.15, 0.2) is 12.1 Å². The molecule has 0 aromatic heterocycles. The number of amidine groups is 1. The minimum absolute atomic E-state index is 0.506. The number of unbranched alkanes of at least 4 members (excludes halogenated alkanes) is 2. The van der Waals surface area contributed by atoms with E-state index >= 15 is 0 Å². The normalized spacial score (nSPS) is 10.3. The number of benzene rings is 1. The molecule has 0 spiro atoms. The Bertz CT molecular complexity index is 470. The maximum atomic E-state index is 8.59. The van der Waals surface area contributed by atoms with E-state index in [1.54, 1.807) is 21.3 Å². The predicted molar refractivity (Wildman–Crippen MR) is 94.3 cm³/mol. The fraction of sp³-hybridized carbons (Fsp3) is 0.611. The quantitative estimate of drug-likeness (QED) is 0.523. The van der Waals surface area contributed by atoms with Crippen LogP contribution in [0.3, 0.4) is 0 Å². The van der Waals surface area contributed by atoms with E-state index in [4.69, 9.17) is 19.6 Å². The zero-order valence-electron chi connectivity index (χ0n) is 15.1. The van der Waals surface area contributed by atoms with Gasteiger partial charge in [0.25, 0.3) is 0 Å². The van der Waals surface area contributed by atoms with E-state index in [2.05, 4.69) is 18.7 Å². The van der Waals surface area contributed by atoms with Crippen LogP contribution in [0, 0.1) is 5.41 Å². The molecular weight excluding hydrogens is 292 g/mol. The van der Waals surface area contributed by atoms with Crippen LogP contribution < -0.4 is 14.2 Å². The second-order valence-electron chi connectivity index (χ2n) is 5.46. The number of nitrogens with one attached hydrogen (secondary N) is 1. The van der Waals surface area contributed by atoms with Crippen molar-refractivity contribution in [3.05, 3.63) is 17.7 Å². The van der Waals surface area contributed by atoms with Crippen molar-refractivity contribution >= 4 is 5.84 Å². The molecule has 1 aromatic carbocycles. The maximum absolute atomic E-state index is 8.59. The van der Waals surface area contributed by atoms with Crippen molar-refractivity contribution in [2.24, 2.45) is 0 Å². The van der Waals surface area contributed by atoms with E-state index in [0.29, 0.717) is 23.1 Å². The molecule has 0 atom stereocenters. The van der Waals surface area contributed by atoms with Crippen LogP contribution in [0.25, 0.3) is 0 Å². The van der Waals surface area contributed by atoms with Gasteiger partial charge in [0.1, 0.15) is 5.84 Å². The zero-order chi connectivity index (χ0) is 17.2. The second-order valence-corrected chi connectivity index (χ2v) is 5.46. The van der Waals surface area contributed by atoms with Crippen LogP contribution in [-0.4, -0.2) is 45.2 Å². The van der Waals surface area contributed by atoms with Gasteiger partial charge >= 0.3 is 0 Å². The van der Waals surface area contributed by atoms with Gasteiger partial charge in [-0.1, -0.05) is 26.7 Å². The topological polar surface area (TPSA) is 54.8 Å². The summed E-state index contributed by atoms with van der Waals surface area (Å²) in [6.45, 7) is 6.13. The molecule has 5 heteroatoms. The second kappa shape index (κ2) is 9.98. The Balaban J connectivity index is 3.12. The van der Waals surface area contributed by atoms with Crippen molar-refractivity contribution in [2.45, 2.75) is 39.5 Å². The Hall–Kier alpha value is -1.91. The zero-order valence-corrected chi connectivity index (χ0v) is 15.1. The van der Waals surface area contributed by atoms with Gasteiger partial charge in [0.15, 0.2) is 11.5 Å². The van der Waals surface area contributed by atoms with Gasteiger partial charge in [0.2, 0.25) is 5.75 Å². The van der Waals surface area contributed by atoms with Crippen LogP contribution in [0.5, 0.6) is 17.2 Å². The molecule has 23 heavy (non-hydrogen) atoms. The van der Waals surface area contributed by atoms with Gasteiger partial charge in [-0.15, -0.1) is 0 Å². The first kappa shape index (κ1) is 19.1.